The number of hydrogen-bond donors (Lipinski definition) is 0. The summed E-state index contributed by atoms with van der Waals surface area (Å²) in [4.78, 5) is 11.8. The SMILES string of the molecule is CC(=O)CCSc1ccc(Cl)cc1. The molecule has 0 saturated heterocycles. The molecule has 70 valence electrons. The van der Waals surface area contributed by atoms with Crippen LogP contribution >= 0.6 is 23.4 Å². The van der Waals surface area contributed by atoms with E-state index in [9.17, 15) is 4.79 Å². The first kappa shape index (κ1) is 10.6. The van der Waals surface area contributed by atoms with Crippen molar-refractivity contribution in [3.63, 3.8) is 0 Å². The highest BCUT2D eigenvalue weighted by molar-refractivity contribution is 7.99. The van der Waals surface area contributed by atoms with E-state index < -0.39 is 0 Å². The van der Waals surface area contributed by atoms with Gasteiger partial charge in [0.15, 0.2) is 0 Å². The number of rotatable bonds is 4. The number of hydrogen-bond acceptors (Lipinski definition) is 2. The Balaban J connectivity index is 2.37. The van der Waals surface area contributed by atoms with Crippen LogP contribution in [0.5, 0.6) is 0 Å². The zero-order chi connectivity index (χ0) is 9.68. The maximum absolute atomic E-state index is 10.7. The van der Waals surface area contributed by atoms with Crippen LogP contribution in [0.15, 0.2) is 29.2 Å². The van der Waals surface area contributed by atoms with Crippen molar-refractivity contribution < 1.29 is 4.79 Å². The van der Waals surface area contributed by atoms with Crippen LogP contribution in [0.2, 0.25) is 5.02 Å². The summed E-state index contributed by atoms with van der Waals surface area (Å²) in [5.74, 6) is 1.08. The fourth-order valence-electron chi connectivity index (χ4n) is 0.843. The van der Waals surface area contributed by atoms with Gasteiger partial charge in [0, 0.05) is 22.1 Å². The molecule has 1 rings (SSSR count). The number of ketones is 1. The van der Waals surface area contributed by atoms with Crippen LogP contribution in [0, 0.1) is 0 Å². The van der Waals surface area contributed by atoms with Gasteiger partial charge in [-0.05, 0) is 31.2 Å². The van der Waals surface area contributed by atoms with Crippen LogP contribution in [0.1, 0.15) is 13.3 Å². The molecule has 1 nitrogen and oxygen atoms in total. The van der Waals surface area contributed by atoms with Gasteiger partial charge in [0.05, 0.1) is 0 Å². The van der Waals surface area contributed by atoms with Crippen molar-refractivity contribution in [1.29, 1.82) is 0 Å². The van der Waals surface area contributed by atoms with Gasteiger partial charge in [-0.25, -0.2) is 0 Å². The summed E-state index contributed by atoms with van der Waals surface area (Å²) in [5, 5.41) is 0.746. The Morgan fingerprint density at radius 3 is 2.54 bits per heavy atom. The van der Waals surface area contributed by atoms with E-state index in [-0.39, 0.29) is 5.78 Å². The van der Waals surface area contributed by atoms with Crippen LogP contribution < -0.4 is 0 Å². The average Bonchev–Trinajstić information content (AvgIpc) is 2.08. The van der Waals surface area contributed by atoms with Gasteiger partial charge in [-0.15, -0.1) is 11.8 Å². The maximum Gasteiger partial charge on any atom is 0.130 e. The molecule has 13 heavy (non-hydrogen) atoms. The smallest absolute Gasteiger partial charge is 0.130 e. The molecule has 0 amide bonds. The monoisotopic (exact) mass is 214 g/mol. The molecule has 0 aliphatic heterocycles. The average molecular weight is 215 g/mol. The third-order valence-electron chi connectivity index (χ3n) is 1.54. The Morgan fingerprint density at radius 2 is 2.00 bits per heavy atom. The molecule has 0 aliphatic carbocycles. The van der Waals surface area contributed by atoms with Crippen molar-refractivity contribution in [2.75, 3.05) is 5.75 Å². The van der Waals surface area contributed by atoms with Crippen molar-refractivity contribution in [2.45, 2.75) is 18.2 Å². The highest BCUT2D eigenvalue weighted by Gasteiger charge is 1.96. The molecule has 0 aliphatic rings. The quantitative estimate of drug-likeness (QED) is 0.715. The predicted octanol–water partition coefficient (Wildman–Crippen LogP) is 3.41. The normalized spacial score (nSPS) is 10.0. The summed E-state index contributed by atoms with van der Waals surface area (Å²) in [6, 6.07) is 7.65. The van der Waals surface area contributed by atoms with Gasteiger partial charge in [-0.3, -0.25) is 4.79 Å². The van der Waals surface area contributed by atoms with E-state index >= 15 is 0 Å². The second-order valence-corrected chi connectivity index (χ2v) is 4.36. The van der Waals surface area contributed by atoms with E-state index in [4.69, 9.17) is 11.6 Å². The van der Waals surface area contributed by atoms with Gasteiger partial charge >= 0.3 is 0 Å². The van der Waals surface area contributed by atoms with Gasteiger partial charge in [-0.2, -0.15) is 0 Å². The summed E-state index contributed by atoms with van der Waals surface area (Å²) in [7, 11) is 0. The van der Waals surface area contributed by atoms with Crippen LogP contribution in [0.3, 0.4) is 0 Å². The first-order valence-corrected chi connectivity index (χ1v) is 5.42. The molecule has 0 spiro atoms. The molecule has 3 heteroatoms. The lowest BCUT2D eigenvalue weighted by Gasteiger charge is -1.99. The first-order valence-electron chi connectivity index (χ1n) is 4.06. The summed E-state index contributed by atoms with van der Waals surface area (Å²) >= 11 is 7.41. The lowest BCUT2D eigenvalue weighted by atomic mass is 10.4. The third-order valence-corrected chi connectivity index (χ3v) is 2.80. The van der Waals surface area contributed by atoms with Crippen molar-refractivity contribution in [1.82, 2.24) is 0 Å². The molecule has 0 bridgehead atoms. The Hall–Kier alpha value is -0.470. The van der Waals surface area contributed by atoms with Crippen molar-refractivity contribution in [3.8, 4) is 0 Å². The molecule has 0 atom stereocenters. The molecule has 0 aromatic heterocycles. The predicted molar refractivity (Wildman–Crippen MR) is 57.5 cm³/mol. The summed E-state index contributed by atoms with van der Waals surface area (Å²) < 4.78 is 0. The molecule has 0 unspecified atom stereocenters. The number of carbonyl (C=O) groups excluding carboxylic acids is 1. The standard InChI is InChI=1S/C10H11ClOS/c1-8(12)6-7-13-10-4-2-9(11)3-5-10/h2-5H,6-7H2,1H3. The third kappa shape index (κ3) is 4.34. The highest BCUT2D eigenvalue weighted by atomic mass is 35.5. The molecule has 0 saturated carbocycles. The molecular formula is C10H11ClOS. The van der Waals surface area contributed by atoms with E-state index in [2.05, 4.69) is 0 Å². The largest absolute Gasteiger partial charge is 0.300 e. The Labute approximate surface area is 87.5 Å². The van der Waals surface area contributed by atoms with Crippen LogP contribution in [-0.4, -0.2) is 11.5 Å². The van der Waals surface area contributed by atoms with Crippen LogP contribution in [-0.2, 0) is 4.79 Å². The fourth-order valence-corrected chi connectivity index (χ4v) is 1.92. The molecular weight excluding hydrogens is 204 g/mol. The Bertz CT molecular complexity index is 281. The lowest BCUT2D eigenvalue weighted by molar-refractivity contribution is -0.116. The van der Waals surface area contributed by atoms with Gasteiger partial charge in [-0.1, -0.05) is 11.6 Å². The second-order valence-electron chi connectivity index (χ2n) is 2.75. The van der Waals surface area contributed by atoms with E-state index in [0.717, 1.165) is 15.7 Å². The number of carbonyl (C=O) groups is 1. The topological polar surface area (TPSA) is 17.1 Å². The molecule has 1 aromatic rings. The number of halogens is 1. The molecule has 0 fully saturated rings. The van der Waals surface area contributed by atoms with Crippen molar-refractivity contribution in [3.05, 3.63) is 29.3 Å². The number of thioether (sulfide) groups is 1. The van der Waals surface area contributed by atoms with E-state index in [1.165, 1.54) is 0 Å². The maximum atomic E-state index is 10.7. The summed E-state index contributed by atoms with van der Waals surface area (Å²) in [6.07, 6.45) is 0.632. The van der Waals surface area contributed by atoms with Gasteiger partial charge in [0.1, 0.15) is 5.78 Å². The molecule has 0 radical (unpaired) electrons. The van der Waals surface area contributed by atoms with Gasteiger partial charge in [0.2, 0.25) is 0 Å². The summed E-state index contributed by atoms with van der Waals surface area (Å²) in [5.41, 5.74) is 0. The number of benzene rings is 1. The Kier molecular flexibility index (Phi) is 4.33. The van der Waals surface area contributed by atoms with Crippen LogP contribution in [0.4, 0.5) is 0 Å². The lowest BCUT2D eigenvalue weighted by Crippen LogP contribution is -1.91. The first-order chi connectivity index (χ1) is 6.18. The van der Waals surface area contributed by atoms with Crippen LogP contribution in [0.25, 0.3) is 0 Å². The second kappa shape index (κ2) is 5.30. The molecule has 1 aromatic carbocycles. The van der Waals surface area contributed by atoms with Gasteiger partial charge < -0.3 is 0 Å². The molecule has 0 N–H and O–H groups in total. The van der Waals surface area contributed by atoms with E-state index in [0.29, 0.717) is 6.42 Å². The minimum absolute atomic E-state index is 0.237. The number of Topliss-reactive ketones (excluding diaryl/α,β-unsaturated/α-hetero) is 1. The van der Waals surface area contributed by atoms with Gasteiger partial charge in [0.25, 0.3) is 0 Å². The van der Waals surface area contributed by atoms with Crippen molar-refractivity contribution in [2.24, 2.45) is 0 Å². The Morgan fingerprint density at radius 1 is 1.38 bits per heavy atom. The van der Waals surface area contributed by atoms with Crippen molar-refractivity contribution >= 4 is 29.1 Å². The zero-order valence-electron chi connectivity index (χ0n) is 7.42. The highest BCUT2D eigenvalue weighted by Crippen LogP contribution is 2.20. The van der Waals surface area contributed by atoms with E-state index in [1.54, 1.807) is 18.7 Å². The zero-order valence-corrected chi connectivity index (χ0v) is 8.99. The minimum atomic E-state index is 0.237. The summed E-state index contributed by atoms with van der Waals surface area (Å²) in [6.45, 7) is 1.61. The fraction of sp³-hybridized carbons (Fsp3) is 0.300. The molecule has 0 heterocycles. The minimum Gasteiger partial charge on any atom is -0.300 e. The van der Waals surface area contributed by atoms with E-state index in [1.807, 2.05) is 24.3 Å².